The van der Waals surface area contributed by atoms with E-state index in [1.54, 1.807) is 53.4 Å². The van der Waals surface area contributed by atoms with Crippen molar-refractivity contribution in [3.8, 4) is 34.5 Å². The molecule has 1 aliphatic carbocycles. The minimum atomic E-state index is -0.242. The zero-order valence-electron chi connectivity index (χ0n) is 33.4. The summed E-state index contributed by atoms with van der Waals surface area (Å²) in [7, 11) is 3.03. The summed E-state index contributed by atoms with van der Waals surface area (Å²) >= 11 is 0. The Morgan fingerprint density at radius 1 is 0.672 bits per heavy atom. The third-order valence-corrected chi connectivity index (χ3v) is 11.3. The second-order valence-electron chi connectivity index (χ2n) is 14.6. The number of carbonyl (C=O) groups is 2. The van der Waals surface area contributed by atoms with Crippen molar-refractivity contribution in [2.24, 2.45) is 11.8 Å². The maximum Gasteiger partial charge on any atom is 0.254 e. The Kier molecular flexibility index (Phi) is 12.8. The molecule has 4 aliphatic rings. The molecule has 0 aromatic heterocycles. The number of ether oxygens (including phenoxy) is 8. The average Bonchev–Trinajstić information content (AvgIpc) is 3.22. The van der Waals surface area contributed by atoms with Gasteiger partial charge in [-0.25, -0.2) is 0 Å². The molecule has 1 fully saturated rings. The van der Waals surface area contributed by atoms with E-state index >= 15 is 0 Å². The summed E-state index contributed by atoms with van der Waals surface area (Å²) in [6.45, 7) is 6.90. The van der Waals surface area contributed by atoms with Crippen LogP contribution in [0.3, 0.4) is 0 Å². The topological polar surface area (TPSA) is 155 Å². The van der Waals surface area contributed by atoms with E-state index in [0.29, 0.717) is 65.1 Å². The van der Waals surface area contributed by atoms with Gasteiger partial charge in [-0.1, -0.05) is 0 Å². The molecule has 7 rings (SSSR count). The van der Waals surface area contributed by atoms with Crippen LogP contribution in [0.2, 0.25) is 0 Å². The van der Waals surface area contributed by atoms with Crippen LogP contribution in [0.25, 0.3) is 0 Å². The standard InChI is InChI=1S/C44H52N2O12/c1-27-33-25-39(51-3)35(47)21-29(33)9-11-45(27)43(49)31-5-7-37-41(23-31)57-19-15-54-16-20-58-42-24-32(6-8-38(42)56-18-14-53-13-17-55-37)44(50)46-12-10-30-22-36(48)40(52-4)26-34(30)28(46)2/h5-8,21-29,33,47-48H,9-20H2,1-4H3/t27-,28-,29+,33+/m1/s1. The van der Waals surface area contributed by atoms with Crippen molar-refractivity contribution in [1.82, 2.24) is 9.80 Å². The van der Waals surface area contributed by atoms with Crippen molar-refractivity contribution in [3.63, 3.8) is 0 Å². The minimum absolute atomic E-state index is 0.0110. The molecule has 2 N–H and O–H groups in total. The van der Waals surface area contributed by atoms with Gasteiger partial charge in [0, 0.05) is 36.2 Å². The second-order valence-corrected chi connectivity index (χ2v) is 14.6. The van der Waals surface area contributed by atoms with Gasteiger partial charge in [-0.2, -0.15) is 0 Å². The molecular weight excluding hydrogens is 748 g/mol. The van der Waals surface area contributed by atoms with Gasteiger partial charge in [-0.15, -0.1) is 0 Å². The predicted octanol–water partition coefficient (Wildman–Crippen LogP) is 5.88. The van der Waals surface area contributed by atoms with E-state index in [4.69, 9.17) is 37.9 Å². The normalized spacial score (nSPS) is 22.8. The molecule has 310 valence electrons. The van der Waals surface area contributed by atoms with Crippen LogP contribution in [0.4, 0.5) is 0 Å². The number of allylic oxidation sites excluding steroid dienone is 1. The van der Waals surface area contributed by atoms with Crippen molar-refractivity contribution >= 4 is 11.8 Å². The number of aliphatic hydroxyl groups is 1. The van der Waals surface area contributed by atoms with Gasteiger partial charge in [0.25, 0.3) is 11.8 Å². The third kappa shape index (κ3) is 8.77. The first-order valence-electron chi connectivity index (χ1n) is 19.8. The molecule has 1 saturated heterocycles. The molecule has 14 nitrogen and oxygen atoms in total. The highest BCUT2D eigenvalue weighted by molar-refractivity contribution is 5.96. The zero-order valence-corrected chi connectivity index (χ0v) is 33.4. The summed E-state index contributed by atoms with van der Waals surface area (Å²) in [6, 6.07) is 13.5. The number of nitrogens with zero attached hydrogens (tertiary/aromatic N) is 2. The Balaban J connectivity index is 0.984. The van der Waals surface area contributed by atoms with Crippen LogP contribution < -0.4 is 23.7 Å². The Labute approximate surface area is 338 Å². The van der Waals surface area contributed by atoms with Gasteiger partial charge in [-0.3, -0.25) is 9.59 Å². The molecule has 3 aromatic rings. The molecule has 0 unspecified atom stereocenters. The maximum absolute atomic E-state index is 13.9. The number of phenols is 1. The molecule has 3 heterocycles. The number of carbonyl (C=O) groups excluding carboxylic acids is 2. The number of likely N-dealkylation sites (tertiary alicyclic amines) is 1. The fourth-order valence-electron chi connectivity index (χ4n) is 8.11. The Hall–Kier alpha value is -5.60. The van der Waals surface area contributed by atoms with Gasteiger partial charge >= 0.3 is 0 Å². The van der Waals surface area contributed by atoms with E-state index < -0.39 is 0 Å². The Morgan fingerprint density at radius 2 is 1.24 bits per heavy atom. The van der Waals surface area contributed by atoms with Gasteiger partial charge in [0.2, 0.25) is 0 Å². The largest absolute Gasteiger partial charge is 0.504 e. The van der Waals surface area contributed by atoms with E-state index in [-0.39, 0.29) is 100 Å². The Bertz CT molecular complexity index is 2030. The predicted molar refractivity (Wildman–Crippen MR) is 212 cm³/mol. The fourth-order valence-corrected chi connectivity index (χ4v) is 8.11. The number of benzene rings is 3. The first-order valence-corrected chi connectivity index (χ1v) is 19.8. The monoisotopic (exact) mass is 800 g/mol. The lowest BCUT2D eigenvalue weighted by molar-refractivity contribution is 0.0499. The summed E-state index contributed by atoms with van der Waals surface area (Å²) in [6.07, 6.45) is 5.06. The summed E-state index contributed by atoms with van der Waals surface area (Å²) in [5.41, 5.74) is 2.84. The van der Waals surface area contributed by atoms with Gasteiger partial charge < -0.3 is 57.9 Å². The summed E-state index contributed by atoms with van der Waals surface area (Å²) in [4.78, 5) is 31.5. The fraction of sp³-hybridized carbons (Fsp3) is 0.455. The minimum Gasteiger partial charge on any atom is -0.504 e. The molecule has 0 spiro atoms. The number of aromatic hydroxyl groups is 1. The van der Waals surface area contributed by atoms with Gasteiger partial charge in [0.1, 0.15) is 26.4 Å². The molecule has 0 radical (unpaired) electrons. The number of rotatable bonds is 4. The second kappa shape index (κ2) is 18.3. The van der Waals surface area contributed by atoms with E-state index in [9.17, 15) is 19.8 Å². The quantitative estimate of drug-likeness (QED) is 0.324. The van der Waals surface area contributed by atoms with E-state index in [0.717, 1.165) is 17.5 Å². The number of hydrogen-bond acceptors (Lipinski definition) is 12. The van der Waals surface area contributed by atoms with E-state index in [1.165, 1.54) is 14.2 Å². The molecule has 3 aromatic carbocycles. The highest BCUT2D eigenvalue weighted by Crippen LogP contribution is 2.40. The number of methoxy groups -OCH3 is 2. The van der Waals surface area contributed by atoms with Gasteiger partial charge in [0.05, 0.1) is 46.7 Å². The molecular formula is C44H52N2O12. The average molecular weight is 801 g/mol. The maximum atomic E-state index is 13.9. The summed E-state index contributed by atoms with van der Waals surface area (Å²) < 4.78 is 46.7. The smallest absolute Gasteiger partial charge is 0.254 e. The van der Waals surface area contributed by atoms with Crippen LogP contribution in [-0.2, 0) is 20.6 Å². The zero-order chi connectivity index (χ0) is 40.8. The molecule has 0 bridgehead atoms. The van der Waals surface area contributed by atoms with Crippen molar-refractivity contribution in [2.45, 2.75) is 38.8 Å². The van der Waals surface area contributed by atoms with Crippen LogP contribution in [-0.4, -0.2) is 118 Å². The molecule has 58 heavy (non-hydrogen) atoms. The number of phenolic OH excluding ortho intramolecular Hbond substituents is 1. The molecule has 0 saturated carbocycles. The van der Waals surface area contributed by atoms with E-state index in [1.807, 2.05) is 30.9 Å². The van der Waals surface area contributed by atoms with Gasteiger partial charge in [-0.05, 0) is 104 Å². The molecule has 4 atom stereocenters. The van der Waals surface area contributed by atoms with E-state index in [2.05, 4.69) is 0 Å². The van der Waals surface area contributed by atoms with Crippen LogP contribution in [0, 0.1) is 11.8 Å². The SMILES string of the molecule is COC1=C[C@@H]2[C@H](C=C1O)CCN(C(=O)c1ccc3c(c1)OCCOCCOc1cc(C(=O)N4CCc5cc(O)c(OC)cc5[C@H]4C)ccc1OCCOCCO3)[C@@H]2C. The van der Waals surface area contributed by atoms with Crippen molar-refractivity contribution in [3.05, 3.63) is 94.5 Å². The number of aliphatic hydroxyl groups excluding tert-OH is 1. The Morgan fingerprint density at radius 3 is 1.81 bits per heavy atom. The highest BCUT2D eigenvalue weighted by atomic mass is 16.6. The lowest BCUT2D eigenvalue weighted by Crippen LogP contribution is -2.50. The molecule has 2 amide bonds. The van der Waals surface area contributed by atoms with Crippen LogP contribution >= 0.6 is 0 Å². The summed E-state index contributed by atoms with van der Waals surface area (Å²) in [5.74, 6) is 2.65. The number of amides is 2. The third-order valence-electron chi connectivity index (χ3n) is 11.3. The number of piperidine rings is 1. The lowest BCUT2D eigenvalue weighted by Gasteiger charge is -2.43. The number of fused-ring (bicyclic) bond motifs is 4. The van der Waals surface area contributed by atoms with Crippen molar-refractivity contribution < 1.29 is 57.7 Å². The highest BCUT2D eigenvalue weighted by Gasteiger charge is 2.39. The summed E-state index contributed by atoms with van der Waals surface area (Å²) in [5, 5.41) is 20.6. The lowest BCUT2D eigenvalue weighted by atomic mass is 9.77. The van der Waals surface area contributed by atoms with Crippen molar-refractivity contribution in [1.29, 1.82) is 0 Å². The van der Waals surface area contributed by atoms with Crippen LogP contribution in [0.1, 0.15) is 58.2 Å². The first-order chi connectivity index (χ1) is 28.2. The van der Waals surface area contributed by atoms with Crippen LogP contribution in [0.5, 0.6) is 34.5 Å². The first kappa shape index (κ1) is 40.6. The molecule has 3 aliphatic heterocycles. The van der Waals surface area contributed by atoms with Crippen LogP contribution in [0.15, 0.2) is 72.2 Å². The van der Waals surface area contributed by atoms with Gasteiger partial charge in [0.15, 0.2) is 46.0 Å². The number of hydrogen-bond donors (Lipinski definition) is 2. The van der Waals surface area contributed by atoms with Crippen molar-refractivity contribution in [2.75, 3.05) is 80.2 Å². The molecule has 14 heteroatoms.